The van der Waals surface area contributed by atoms with E-state index in [1.54, 1.807) is 7.11 Å². The number of aromatic nitrogens is 2. The molecule has 0 aliphatic rings. The molecular weight excluding hydrogens is 324 g/mol. The van der Waals surface area contributed by atoms with Gasteiger partial charge >= 0.3 is 0 Å². The van der Waals surface area contributed by atoms with Crippen molar-refractivity contribution in [1.82, 2.24) is 9.78 Å². The van der Waals surface area contributed by atoms with Crippen molar-refractivity contribution in [2.75, 3.05) is 7.11 Å². The van der Waals surface area contributed by atoms with Crippen LogP contribution in [0.2, 0.25) is 0 Å². The fourth-order valence-electron chi connectivity index (χ4n) is 3.04. The van der Waals surface area contributed by atoms with E-state index in [0.717, 1.165) is 27.9 Å². The van der Waals surface area contributed by atoms with Gasteiger partial charge in [0, 0.05) is 23.6 Å². The van der Waals surface area contributed by atoms with E-state index in [1.165, 1.54) is 0 Å². The van der Waals surface area contributed by atoms with Gasteiger partial charge in [0.2, 0.25) is 0 Å². The summed E-state index contributed by atoms with van der Waals surface area (Å²) in [5.74, 6) is 0.790. The number of carbonyl (C=O) groups is 1. The normalized spacial score (nSPS) is 10.8. The van der Waals surface area contributed by atoms with Crippen molar-refractivity contribution in [1.29, 1.82) is 0 Å². The summed E-state index contributed by atoms with van der Waals surface area (Å²) in [7, 11) is 1.63. The van der Waals surface area contributed by atoms with E-state index in [9.17, 15) is 4.79 Å². The molecular formula is C22H18N2O2. The van der Waals surface area contributed by atoms with E-state index >= 15 is 0 Å². The van der Waals surface area contributed by atoms with Gasteiger partial charge in [-0.2, -0.15) is 5.10 Å². The third-order valence-corrected chi connectivity index (χ3v) is 4.39. The first kappa shape index (κ1) is 16.1. The number of benzene rings is 3. The van der Waals surface area contributed by atoms with Crippen LogP contribution in [0.5, 0.6) is 5.75 Å². The highest BCUT2D eigenvalue weighted by Crippen LogP contribution is 2.24. The van der Waals surface area contributed by atoms with Crippen molar-refractivity contribution in [2.45, 2.75) is 6.42 Å². The molecule has 4 rings (SSSR count). The molecule has 0 spiro atoms. The standard InChI is InChI=1S/C22H18N2O2/c1-26-19-11-12-21(24-15-17-9-5-6-10-20(17)23-24)18(13-19)14-22(25)16-7-3-2-4-8-16/h2-13,15H,14H2,1H3. The first-order valence-electron chi connectivity index (χ1n) is 8.44. The van der Waals surface area contributed by atoms with Gasteiger partial charge in [0.25, 0.3) is 0 Å². The Labute approximate surface area is 151 Å². The van der Waals surface area contributed by atoms with E-state index in [0.29, 0.717) is 5.56 Å². The van der Waals surface area contributed by atoms with Gasteiger partial charge in [0.15, 0.2) is 5.78 Å². The summed E-state index contributed by atoms with van der Waals surface area (Å²) in [6, 6.07) is 23.0. The molecule has 0 unspecified atom stereocenters. The van der Waals surface area contributed by atoms with Crippen molar-refractivity contribution >= 4 is 16.7 Å². The molecule has 0 N–H and O–H groups in total. The third kappa shape index (κ3) is 3.09. The lowest BCUT2D eigenvalue weighted by Crippen LogP contribution is -2.08. The molecule has 4 nitrogen and oxygen atoms in total. The second-order valence-corrected chi connectivity index (χ2v) is 6.09. The number of fused-ring (bicyclic) bond motifs is 1. The number of ketones is 1. The lowest BCUT2D eigenvalue weighted by Gasteiger charge is -2.11. The van der Waals surface area contributed by atoms with Gasteiger partial charge < -0.3 is 4.74 Å². The van der Waals surface area contributed by atoms with Crippen molar-refractivity contribution in [3.05, 3.63) is 90.1 Å². The minimum Gasteiger partial charge on any atom is -0.497 e. The molecule has 0 saturated heterocycles. The van der Waals surface area contributed by atoms with Crippen LogP contribution >= 0.6 is 0 Å². The molecule has 128 valence electrons. The molecule has 26 heavy (non-hydrogen) atoms. The first-order chi connectivity index (χ1) is 12.7. The van der Waals surface area contributed by atoms with Gasteiger partial charge in [0.05, 0.1) is 18.3 Å². The van der Waals surface area contributed by atoms with Crippen molar-refractivity contribution in [3.63, 3.8) is 0 Å². The molecule has 0 radical (unpaired) electrons. The molecule has 0 atom stereocenters. The van der Waals surface area contributed by atoms with Crippen LogP contribution in [0.15, 0.2) is 79.0 Å². The molecule has 1 aromatic heterocycles. The van der Waals surface area contributed by atoms with Gasteiger partial charge in [-0.25, -0.2) is 4.68 Å². The number of hydrogen-bond acceptors (Lipinski definition) is 3. The zero-order valence-electron chi connectivity index (χ0n) is 14.4. The molecule has 4 aromatic rings. The Bertz CT molecular complexity index is 1030. The molecule has 0 amide bonds. The lowest BCUT2D eigenvalue weighted by molar-refractivity contribution is 0.0993. The summed E-state index contributed by atoms with van der Waals surface area (Å²) >= 11 is 0. The van der Waals surface area contributed by atoms with Gasteiger partial charge in [-0.15, -0.1) is 0 Å². The number of rotatable bonds is 5. The second-order valence-electron chi connectivity index (χ2n) is 6.09. The van der Waals surface area contributed by atoms with Gasteiger partial charge in [-0.05, 0) is 29.8 Å². The van der Waals surface area contributed by atoms with E-state index < -0.39 is 0 Å². The molecule has 0 aliphatic carbocycles. The molecule has 0 bridgehead atoms. The Balaban J connectivity index is 1.76. The zero-order chi connectivity index (χ0) is 17.9. The van der Waals surface area contributed by atoms with E-state index in [-0.39, 0.29) is 12.2 Å². The average Bonchev–Trinajstić information content (AvgIpc) is 3.12. The van der Waals surface area contributed by atoms with Crippen molar-refractivity contribution in [2.24, 2.45) is 0 Å². The molecule has 3 aromatic carbocycles. The monoisotopic (exact) mass is 342 g/mol. The highest BCUT2D eigenvalue weighted by atomic mass is 16.5. The van der Waals surface area contributed by atoms with Gasteiger partial charge in [-0.1, -0.05) is 48.5 Å². The maximum Gasteiger partial charge on any atom is 0.167 e. The Hall–Kier alpha value is -3.40. The van der Waals surface area contributed by atoms with Gasteiger partial charge in [-0.3, -0.25) is 4.79 Å². The van der Waals surface area contributed by atoms with Crippen molar-refractivity contribution < 1.29 is 9.53 Å². The first-order valence-corrected chi connectivity index (χ1v) is 8.44. The number of hydrogen-bond donors (Lipinski definition) is 0. The number of nitrogens with zero attached hydrogens (tertiary/aromatic N) is 2. The number of ether oxygens (including phenoxy) is 1. The average molecular weight is 342 g/mol. The van der Waals surface area contributed by atoms with Crippen molar-refractivity contribution in [3.8, 4) is 11.4 Å². The summed E-state index contributed by atoms with van der Waals surface area (Å²) < 4.78 is 7.18. The molecule has 0 fully saturated rings. The Morgan fingerprint density at radius 3 is 2.54 bits per heavy atom. The Kier molecular flexibility index (Phi) is 4.23. The minimum atomic E-state index is 0.0665. The maximum atomic E-state index is 12.7. The third-order valence-electron chi connectivity index (χ3n) is 4.39. The second kappa shape index (κ2) is 6.84. The number of carbonyl (C=O) groups excluding carboxylic acids is 1. The molecule has 0 aliphatic heterocycles. The summed E-state index contributed by atoms with van der Waals surface area (Å²) in [4.78, 5) is 12.7. The van der Waals surface area contributed by atoms with Crippen LogP contribution < -0.4 is 4.74 Å². The summed E-state index contributed by atoms with van der Waals surface area (Å²) in [6.07, 6.45) is 2.26. The maximum absolute atomic E-state index is 12.7. The lowest BCUT2D eigenvalue weighted by atomic mass is 10.0. The molecule has 4 heteroatoms. The fraction of sp³-hybridized carbons (Fsp3) is 0.0909. The van der Waals surface area contributed by atoms with Gasteiger partial charge in [0.1, 0.15) is 5.75 Å². The van der Waals surface area contributed by atoms with Crippen LogP contribution in [-0.4, -0.2) is 22.7 Å². The fourth-order valence-corrected chi connectivity index (χ4v) is 3.04. The smallest absolute Gasteiger partial charge is 0.167 e. The summed E-state index contributed by atoms with van der Waals surface area (Å²) in [5, 5.41) is 5.70. The van der Waals surface area contributed by atoms with Crippen LogP contribution in [0.1, 0.15) is 15.9 Å². The van der Waals surface area contributed by atoms with E-state index in [4.69, 9.17) is 4.74 Å². The quantitative estimate of drug-likeness (QED) is 0.503. The summed E-state index contributed by atoms with van der Waals surface area (Å²) in [5.41, 5.74) is 3.38. The predicted molar refractivity (Wildman–Crippen MR) is 102 cm³/mol. The minimum absolute atomic E-state index is 0.0665. The van der Waals surface area contributed by atoms with Crippen LogP contribution in [0, 0.1) is 0 Å². The Morgan fingerprint density at radius 1 is 1.00 bits per heavy atom. The number of methoxy groups -OCH3 is 1. The zero-order valence-corrected chi connectivity index (χ0v) is 14.4. The van der Waals surface area contributed by atoms with Crippen LogP contribution in [0.3, 0.4) is 0 Å². The highest BCUT2D eigenvalue weighted by molar-refractivity contribution is 5.98. The van der Waals surface area contributed by atoms with E-state index in [2.05, 4.69) is 5.10 Å². The largest absolute Gasteiger partial charge is 0.497 e. The molecule has 1 heterocycles. The van der Waals surface area contributed by atoms with Crippen LogP contribution in [0.25, 0.3) is 16.6 Å². The topological polar surface area (TPSA) is 44.1 Å². The molecule has 0 saturated carbocycles. The SMILES string of the molecule is COc1ccc(-n2cc3ccccc3n2)c(CC(=O)c2ccccc2)c1. The van der Waals surface area contributed by atoms with E-state index in [1.807, 2.05) is 83.7 Å². The highest BCUT2D eigenvalue weighted by Gasteiger charge is 2.14. The predicted octanol–water partition coefficient (Wildman–Crippen LogP) is 4.46. The van der Waals surface area contributed by atoms with Crippen LogP contribution in [-0.2, 0) is 6.42 Å². The summed E-state index contributed by atoms with van der Waals surface area (Å²) in [6.45, 7) is 0. The Morgan fingerprint density at radius 2 is 1.77 bits per heavy atom. The number of Topliss-reactive ketones (excluding diaryl/α,β-unsaturated/α-hetero) is 1. The van der Waals surface area contributed by atoms with Crippen LogP contribution in [0.4, 0.5) is 0 Å².